The maximum Gasteiger partial charge on any atom is 0.216 e. The third-order valence-corrected chi connectivity index (χ3v) is 4.94. The van der Waals surface area contributed by atoms with Gasteiger partial charge in [-0.15, -0.1) is 5.10 Å². The number of aromatic nitrogens is 2. The molecule has 20 heavy (non-hydrogen) atoms. The molecule has 0 aliphatic rings. The molecular formula is C13H15N3OS3. The minimum Gasteiger partial charge on any atom is -0.356 e. The van der Waals surface area contributed by atoms with Gasteiger partial charge >= 0.3 is 0 Å². The Morgan fingerprint density at radius 3 is 2.95 bits per heavy atom. The topological polar surface area (TPSA) is 46.9 Å². The van der Waals surface area contributed by atoms with Gasteiger partial charge in [-0.1, -0.05) is 41.3 Å². The molecule has 0 unspecified atom stereocenters. The van der Waals surface area contributed by atoms with Gasteiger partial charge in [0.1, 0.15) is 0 Å². The number of carbonyl (C=O) groups is 1. The van der Waals surface area contributed by atoms with Crippen molar-refractivity contribution in [1.29, 1.82) is 0 Å². The zero-order valence-electron chi connectivity index (χ0n) is 11.3. The van der Waals surface area contributed by atoms with Gasteiger partial charge in [0.15, 0.2) is 8.29 Å². The molecule has 0 bridgehead atoms. The zero-order valence-corrected chi connectivity index (χ0v) is 13.7. The monoisotopic (exact) mass is 325 g/mol. The second-order valence-electron chi connectivity index (χ2n) is 4.16. The lowest BCUT2D eigenvalue weighted by atomic mass is 10.2. The summed E-state index contributed by atoms with van der Waals surface area (Å²) < 4.78 is 3.46. The van der Waals surface area contributed by atoms with Crippen molar-refractivity contribution < 1.29 is 4.79 Å². The number of para-hydroxylation sites is 1. The van der Waals surface area contributed by atoms with Crippen LogP contribution in [0.4, 0.5) is 0 Å². The van der Waals surface area contributed by atoms with Crippen LogP contribution in [0.5, 0.6) is 0 Å². The number of aryl methyl sites for hydroxylation is 1. The number of nitrogens with one attached hydrogen (secondary N) is 1. The summed E-state index contributed by atoms with van der Waals surface area (Å²) in [5.41, 5.74) is 2.16. The normalized spacial score (nSPS) is 10.5. The molecule has 1 amide bonds. The number of benzene rings is 1. The fourth-order valence-corrected chi connectivity index (χ4v) is 3.91. The summed E-state index contributed by atoms with van der Waals surface area (Å²) >= 11 is 8.47. The van der Waals surface area contributed by atoms with Crippen LogP contribution in [0, 0.1) is 10.9 Å². The van der Waals surface area contributed by atoms with E-state index in [1.807, 2.05) is 31.2 Å². The van der Waals surface area contributed by atoms with E-state index >= 15 is 0 Å². The van der Waals surface area contributed by atoms with Crippen molar-refractivity contribution in [2.24, 2.45) is 0 Å². The molecule has 0 saturated heterocycles. The molecule has 0 saturated carbocycles. The second-order valence-corrected chi connectivity index (χ2v) is 7.13. The molecule has 1 N–H and O–H groups in total. The van der Waals surface area contributed by atoms with Crippen molar-refractivity contribution in [3.05, 3.63) is 33.8 Å². The van der Waals surface area contributed by atoms with E-state index < -0.39 is 0 Å². The average molecular weight is 325 g/mol. The van der Waals surface area contributed by atoms with Crippen molar-refractivity contribution >= 4 is 41.2 Å². The SMILES string of the molecule is CC(=O)NCCSc1nn(-c2ccccc2C)c(=S)s1. The predicted octanol–water partition coefficient (Wildman–Crippen LogP) is 3.20. The summed E-state index contributed by atoms with van der Waals surface area (Å²) in [6.45, 7) is 4.19. The first-order valence-electron chi connectivity index (χ1n) is 6.11. The maximum atomic E-state index is 10.8. The number of thioether (sulfide) groups is 1. The fourth-order valence-electron chi connectivity index (χ4n) is 1.64. The van der Waals surface area contributed by atoms with E-state index in [4.69, 9.17) is 12.2 Å². The molecule has 1 aromatic carbocycles. The Morgan fingerprint density at radius 1 is 1.50 bits per heavy atom. The number of rotatable bonds is 5. The van der Waals surface area contributed by atoms with Gasteiger partial charge < -0.3 is 5.32 Å². The first kappa shape index (κ1) is 15.2. The first-order valence-corrected chi connectivity index (χ1v) is 8.32. The third kappa shape index (κ3) is 3.91. The maximum absolute atomic E-state index is 10.8. The van der Waals surface area contributed by atoms with Crippen LogP contribution in [0.2, 0.25) is 0 Å². The third-order valence-electron chi connectivity index (χ3n) is 2.57. The van der Waals surface area contributed by atoms with Crippen LogP contribution in [0.15, 0.2) is 28.6 Å². The molecule has 0 aliphatic heterocycles. The van der Waals surface area contributed by atoms with Gasteiger partial charge in [0.2, 0.25) is 5.91 Å². The van der Waals surface area contributed by atoms with E-state index in [0.29, 0.717) is 6.54 Å². The van der Waals surface area contributed by atoms with Gasteiger partial charge in [-0.3, -0.25) is 4.79 Å². The van der Waals surface area contributed by atoms with Gasteiger partial charge in [0, 0.05) is 19.2 Å². The highest BCUT2D eigenvalue weighted by atomic mass is 32.2. The van der Waals surface area contributed by atoms with Crippen LogP contribution in [0.1, 0.15) is 12.5 Å². The lowest BCUT2D eigenvalue weighted by molar-refractivity contribution is -0.118. The minimum atomic E-state index is -0.0105. The Kier molecular flexibility index (Phi) is 5.33. The highest BCUT2D eigenvalue weighted by molar-refractivity contribution is 8.01. The van der Waals surface area contributed by atoms with Gasteiger partial charge in [-0.05, 0) is 30.8 Å². The van der Waals surface area contributed by atoms with Crippen molar-refractivity contribution in [1.82, 2.24) is 15.1 Å². The first-order chi connectivity index (χ1) is 9.58. The summed E-state index contributed by atoms with van der Waals surface area (Å²) in [5, 5.41) is 7.30. The van der Waals surface area contributed by atoms with Crippen LogP contribution in [-0.2, 0) is 4.79 Å². The van der Waals surface area contributed by atoms with Crippen molar-refractivity contribution in [2.75, 3.05) is 12.3 Å². The molecule has 0 atom stereocenters. The molecule has 2 aromatic rings. The highest BCUT2D eigenvalue weighted by Crippen LogP contribution is 2.24. The van der Waals surface area contributed by atoms with Crippen molar-refractivity contribution in [3.8, 4) is 5.69 Å². The summed E-state index contributed by atoms with van der Waals surface area (Å²) in [5.74, 6) is 0.777. The Balaban J connectivity index is 2.09. The Labute approximate surface area is 131 Å². The molecule has 4 nitrogen and oxygen atoms in total. The second kappa shape index (κ2) is 7.01. The number of amides is 1. The molecule has 0 aliphatic carbocycles. The Hall–Kier alpha value is -1.18. The summed E-state index contributed by atoms with van der Waals surface area (Å²) in [4.78, 5) is 10.8. The van der Waals surface area contributed by atoms with E-state index in [1.165, 1.54) is 18.3 Å². The van der Waals surface area contributed by atoms with Crippen molar-refractivity contribution in [2.45, 2.75) is 18.2 Å². The fraction of sp³-hybridized carbons (Fsp3) is 0.308. The number of hydrogen-bond donors (Lipinski definition) is 1. The van der Waals surface area contributed by atoms with Gasteiger partial charge in [-0.2, -0.15) is 0 Å². The van der Waals surface area contributed by atoms with Crippen LogP contribution in [-0.4, -0.2) is 28.0 Å². The predicted molar refractivity (Wildman–Crippen MR) is 86.4 cm³/mol. The molecule has 0 radical (unpaired) electrons. The van der Waals surface area contributed by atoms with E-state index in [2.05, 4.69) is 10.4 Å². The quantitative estimate of drug-likeness (QED) is 0.521. The molecule has 1 heterocycles. The molecule has 0 spiro atoms. The Morgan fingerprint density at radius 2 is 2.25 bits per heavy atom. The lowest BCUT2D eigenvalue weighted by Crippen LogP contribution is -2.22. The molecule has 1 aromatic heterocycles. The molecule has 7 heteroatoms. The lowest BCUT2D eigenvalue weighted by Gasteiger charge is -2.04. The van der Waals surface area contributed by atoms with Gasteiger partial charge in [-0.25, -0.2) is 4.68 Å². The summed E-state index contributed by atoms with van der Waals surface area (Å²) in [7, 11) is 0. The standard InChI is InChI=1S/C13H15N3OS3/c1-9-5-3-4-6-11(9)16-13(18)20-12(15-16)19-8-7-14-10(2)17/h3-6H,7-8H2,1-2H3,(H,14,17). The largest absolute Gasteiger partial charge is 0.356 e. The van der Waals surface area contributed by atoms with Crippen LogP contribution < -0.4 is 5.32 Å². The number of nitrogens with zero attached hydrogens (tertiary/aromatic N) is 2. The average Bonchev–Trinajstić information content (AvgIpc) is 2.76. The van der Waals surface area contributed by atoms with E-state index in [1.54, 1.807) is 16.4 Å². The molecular weight excluding hydrogens is 310 g/mol. The summed E-state index contributed by atoms with van der Waals surface area (Å²) in [6, 6.07) is 8.03. The van der Waals surface area contributed by atoms with Crippen LogP contribution >= 0.6 is 35.3 Å². The summed E-state index contributed by atoms with van der Waals surface area (Å²) in [6.07, 6.45) is 0. The van der Waals surface area contributed by atoms with E-state index in [-0.39, 0.29) is 5.91 Å². The molecule has 0 fully saturated rings. The number of hydrogen-bond acceptors (Lipinski definition) is 5. The Bertz CT molecular complexity index is 663. The van der Waals surface area contributed by atoms with E-state index in [0.717, 1.165) is 25.3 Å². The van der Waals surface area contributed by atoms with Crippen LogP contribution in [0.25, 0.3) is 5.69 Å². The molecule has 2 rings (SSSR count). The smallest absolute Gasteiger partial charge is 0.216 e. The van der Waals surface area contributed by atoms with E-state index in [9.17, 15) is 4.79 Å². The van der Waals surface area contributed by atoms with Crippen molar-refractivity contribution in [3.63, 3.8) is 0 Å². The van der Waals surface area contributed by atoms with Gasteiger partial charge in [0.05, 0.1) is 5.69 Å². The van der Waals surface area contributed by atoms with Crippen LogP contribution in [0.3, 0.4) is 0 Å². The minimum absolute atomic E-state index is 0.0105. The number of carbonyl (C=O) groups excluding carboxylic acids is 1. The highest BCUT2D eigenvalue weighted by Gasteiger charge is 2.08. The zero-order chi connectivity index (χ0) is 14.5. The van der Waals surface area contributed by atoms with Gasteiger partial charge in [0.25, 0.3) is 0 Å². The molecule has 106 valence electrons.